The first-order valence-electron chi connectivity index (χ1n) is 7.13. The minimum atomic E-state index is 0.335. The summed E-state index contributed by atoms with van der Waals surface area (Å²) in [6, 6.07) is 4.14. The summed E-state index contributed by atoms with van der Waals surface area (Å²) in [6.07, 6.45) is 3.43. The van der Waals surface area contributed by atoms with E-state index in [2.05, 4.69) is 41.3 Å². The number of hydrogen-bond acceptors (Lipinski definition) is 3. The summed E-state index contributed by atoms with van der Waals surface area (Å²) in [5.74, 6) is 2.02. The predicted octanol–water partition coefficient (Wildman–Crippen LogP) is 2.56. The fourth-order valence-electron chi connectivity index (χ4n) is 2.63. The van der Waals surface area contributed by atoms with Crippen molar-refractivity contribution in [3.63, 3.8) is 0 Å². The first-order valence-corrected chi connectivity index (χ1v) is 7.13. The van der Waals surface area contributed by atoms with Crippen LogP contribution < -0.4 is 10.1 Å². The van der Waals surface area contributed by atoms with Gasteiger partial charge in [-0.05, 0) is 45.0 Å². The van der Waals surface area contributed by atoms with E-state index in [4.69, 9.17) is 4.74 Å². The number of nitrogens with one attached hydrogen (secondary N) is 2. The van der Waals surface area contributed by atoms with Gasteiger partial charge in [-0.2, -0.15) is 0 Å². The lowest BCUT2D eigenvalue weighted by atomic mass is 10.1. The molecule has 2 N–H and O–H groups in total. The van der Waals surface area contributed by atoms with Gasteiger partial charge >= 0.3 is 0 Å². The van der Waals surface area contributed by atoms with Crippen LogP contribution in [0, 0.1) is 6.92 Å². The topological polar surface area (TPSA) is 49.9 Å². The molecule has 3 rings (SSSR count). The number of rotatable bonds is 3. The molecule has 0 unspecified atom stereocenters. The molecule has 1 aromatic heterocycles. The molecule has 0 atom stereocenters. The molecule has 0 amide bonds. The van der Waals surface area contributed by atoms with Gasteiger partial charge in [-0.15, -0.1) is 0 Å². The van der Waals surface area contributed by atoms with E-state index in [1.54, 1.807) is 0 Å². The Labute approximate surface area is 113 Å². The van der Waals surface area contributed by atoms with E-state index >= 15 is 0 Å². The highest BCUT2D eigenvalue weighted by Gasteiger charge is 2.17. The summed E-state index contributed by atoms with van der Waals surface area (Å²) in [5.41, 5.74) is 3.29. The van der Waals surface area contributed by atoms with Gasteiger partial charge in [-0.1, -0.05) is 6.92 Å². The van der Waals surface area contributed by atoms with Crippen molar-refractivity contribution in [2.24, 2.45) is 0 Å². The van der Waals surface area contributed by atoms with E-state index in [0.717, 1.165) is 60.5 Å². The summed E-state index contributed by atoms with van der Waals surface area (Å²) in [7, 11) is 0. The number of nitrogens with zero attached hydrogens (tertiary/aromatic N) is 1. The number of benzene rings is 1. The molecule has 0 radical (unpaired) electrons. The van der Waals surface area contributed by atoms with E-state index in [1.165, 1.54) is 0 Å². The van der Waals surface area contributed by atoms with E-state index < -0.39 is 0 Å². The van der Waals surface area contributed by atoms with E-state index in [0.29, 0.717) is 6.10 Å². The second-order valence-corrected chi connectivity index (χ2v) is 5.19. The first kappa shape index (κ1) is 12.5. The molecule has 1 aliphatic heterocycles. The second-order valence-electron chi connectivity index (χ2n) is 5.19. The number of fused-ring (bicyclic) bond motifs is 1. The smallest absolute Gasteiger partial charge is 0.124 e. The lowest BCUT2D eigenvalue weighted by Crippen LogP contribution is -2.34. The lowest BCUT2D eigenvalue weighted by molar-refractivity contribution is 0.161. The molecule has 0 saturated carbocycles. The molecule has 0 spiro atoms. The minimum Gasteiger partial charge on any atom is -0.490 e. The number of aromatic amines is 1. The summed E-state index contributed by atoms with van der Waals surface area (Å²) in [4.78, 5) is 7.98. The Balaban J connectivity index is 1.88. The third kappa shape index (κ3) is 2.45. The molecule has 4 nitrogen and oxygen atoms in total. The maximum atomic E-state index is 6.14. The minimum absolute atomic E-state index is 0.335. The monoisotopic (exact) mass is 259 g/mol. The van der Waals surface area contributed by atoms with Crippen LogP contribution in [0.25, 0.3) is 11.0 Å². The molecule has 1 aromatic carbocycles. The Kier molecular flexibility index (Phi) is 3.42. The predicted molar refractivity (Wildman–Crippen MR) is 76.7 cm³/mol. The van der Waals surface area contributed by atoms with Crippen molar-refractivity contribution in [3.05, 3.63) is 23.5 Å². The normalized spacial score (nSPS) is 16.9. The Morgan fingerprint density at radius 1 is 1.32 bits per heavy atom. The second kappa shape index (κ2) is 5.21. The van der Waals surface area contributed by atoms with E-state index in [9.17, 15) is 0 Å². The van der Waals surface area contributed by atoms with Gasteiger partial charge < -0.3 is 15.0 Å². The summed E-state index contributed by atoms with van der Waals surface area (Å²) in [6.45, 7) is 6.31. The molecule has 19 heavy (non-hydrogen) atoms. The van der Waals surface area contributed by atoms with Crippen LogP contribution in [0.2, 0.25) is 0 Å². The molecule has 102 valence electrons. The van der Waals surface area contributed by atoms with Crippen LogP contribution >= 0.6 is 0 Å². The zero-order valence-corrected chi connectivity index (χ0v) is 11.6. The quantitative estimate of drug-likeness (QED) is 0.890. The van der Waals surface area contributed by atoms with Crippen LogP contribution in [-0.4, -0.2) is 29.2 Å². The summed E-state index contributed by atoms with van der Waals surface area (Å²) >= 11 is 0. The number of piperidine rings is 1. The van der Waals surface area contributed by atoms with Crippen molar-refractivity contribution in [2.45, 2.75) is 39.2 Å². The Morgan fingerprint density at radius 3 is 2.84 bits per heavy atom. The average molecular weight is 259 g/mol. The van der Waals surface area contributed by atoms with Crippen molar-refractivity contribution in [2.75, 3.05) is 13.1 Å². The fraction of sp³-hybridized carbons (Fsp3) is 0.533. The number of imidazole rings is 1. The maximum absolute atomic E-state index is 6.14. The molecular weight excluding hydrogens is 238 g/mol. The van der Waals surface area contributed by atoms with Crippen LogP contribution in [0.3, 0.4) is 0 Å². The molecule has 1 aliphatic rings. The van der Waals surface area contributed by atoms with Crippen molar-refractivity contribution in [1.29, 1.82) is 0 Å². The van der Waals surface area contributed by atoms with Crippen molar-refractivity contribution < 1.29 is 4.74 Å². The molecule has 2 heterocycles. The van der Waals surface area contributed by atoms with Crippen LogP contribution in [0.4, 0.5) is 0 Å². The molecule has 1 fully saturated rings. The van der Waals surface area contributed by atoms with E-state index in [1.807, 2.05) is 0 Å². The first-order chi connectivity index (χ1) is 9.28. The van der Waals surface area contributed by atoms with Crippen LogP contribution in [0.15, 0.2) is 12.1 Å². The summed E-state index contributed by atoms with van der Waals surface area (Å²) in [5, 5.41) is 3.36. The van der Waals surface area contributed by atoms with Crippen molar-refractivity contribution >= 4 is 11.0 Å². The SMILES string of the molecule is CCc1nc2c(C)c(OC3CCNCC3)ccc2[nH]1. The van der Waals surface area contributed by atoms with Gasteiger partial charge in [0.2, 0.25) is 0 Å². The van der Waals surface area contributed by atoms with Gasteiger partial charge in [-0.25, -0.2) is 4.98 Å². The Morgan fingerprint density at radius 2 is 2.11 bits per heavy atom. The highest BCUT2D eigenvalue weighted by molar-refractivity contribution is 5.81. The van der Waals surface area contributed by atoms with Gasteiger partial charge in [0.05, 0.1) is 11.0 Å². The molecule has 0 aliphatic carbocycles. The van der Waals surface area contributed by atoms with Gasteiger partial charge in [0.1, 0.15) is 17.7 Å². The van der Waals surface area contributed by atoms with Gasteiger partial charge in [-0.3, -0.25) is 0 Å². The van der Waals surface area contributed by atoms with Crippen LogP contribution in [-0.2, 0) is 6.42 Å². The largest absolute Gasteiger partial charge is 0.490 e. The van der Waals surface area contributed by atoms with Gasteiger partial charge in [0, 0.05) is 12.0 Å². The zero-order chi connectivity index (χ0) is 13.2. The third-order valence-electron chi connectivity index (χ3n) is 3.82. The molecule has 2 aromatic rings. The third-order valence-corrected chi connectivity index (χ3v) is 3.82. The maximum Gasteiger partial charge on any atom is 0.124 e. The van der Waals surface area contributed by atoms with E-state index in [-0.39, 0.29) is 0 Å². The Bertz CT molecular complexity index is 570. The molecule has 0 bridgehead atoms. The standard InChI is InChI=1S/C15H21N3O/c1-3-14-17-12-4-5-13(10(2)15(12)18-14)19-11-6-8-16-9-7-11/h4-5,11,16H,3,6-9H2,1-2H3,(H,17,18). The fourth-order valence-corrected chi connectivity index (χ4v) is 2.63. The zero-order valence-electron chi connectivity index (χ0n) is 11.6. The molecule has 4 heteroatoms. The highest BCUT2D eigenvalue weighted by Crippen LogP contribution is 2.27. The number of aromatic nitrogens is 2. The van der Waals surface area contributed by atoms with Gasteiger partial charge in [0.25, 0.3) is 0 Å². The van der Waals surface area contributed by atoms with Crippen LogP contribution in [0.5, 0.6) is 5.75 Å². The van der Waals surface area contributed by atoms with Gasteiger partial charge in [0.15, 0.2) is 0 Å². The van der Waals surface area contributed by atoms with Crippen molar-refractivity contribution in [1.82, 2.24) is 15.3 Å². The lowest BCUT2D eigenvalue weighted by Gasteiger charge is -2.24. The summed E-state index contributed by atoms with van der Waals surface area (Å²) < 4.78 is 6.14. The average Bonchev–Trinajstić information content (AvgIpc) is 2.87. The number of H-pyrrole nitrogens is 1. The number of hydrogen-bond donors (Lipinski definition) is 2. The van der Waals surface area contributed by atoms with Crippen molar-refractivity contribution in [3.8, 4) is 5.75 Å². The Hall–Kier alpha value is -1.55. The molecule has 1 saturated heterocycles. The highest BCUT2D eigenvalue weighted by atomic mass is 16.5. The number of ether oxygens (including phenoxy) is 1. The molecular formula is C15H21N3O. The van der Waals surface area contributed by atoms with Crippen LogP contribution in [0.1, 0.15) is 31.2 Å². The number of aryl methyl sites for hydroxylation is 2.